The number of ether oxygens (including phenoxy) is 8. The largest absolute Gasteiger partial charge is 0.496 e. The predicted octanol–water partition coefficient (Wildman–Crippen LogP) is 6.55. The van der Waals surface area contributed by atoms with Gasteiger partial charge in [-0.2, -0.15) is 0 Å². The van der Waals surface area contributed by atoms with Crippen molar-refractivity contribution in [3.63, 3.8) is 0 Å². The third-order valence-corrected chi connectivity index (χ3v) is 9.56. The second-order valence-corrected chi connectivity index (χ2v) is 14.2. The molecule has 1 saturated heterocycles. The van der Waals surface area contributed by atoms with Gasteiger partial charge in [-0.1, -0.05) is 66.7 Å². The molecule has 0 bridgehead atoms. The smallest absolute Gasteiger partial charge is 0.338 e. The van der Waals surface area contributed by atoms with Gasteiger partial charge < -0.3 is 42.7 Å². The molecule has 1 aliphatic rings. The van der Waals surface area contributed by atoms with E-state index in [0.717, 1.165) is 14.7 Å². The van der Waals surface area contributed by atoms with Gasteiger partial charge in [0.15, 0.2) is 18.5 Å². The Hall–Kier alpha value is -5.16. The van der Waals surface area contributed by atoms with E-state index in [1.807, 2.05) is 6.07 Å². The summed E-state index contributed by atoms with van der Waals surface area (Å²) in [5.74, 6) is -2.09. The number of ketones is 1. The normalized spacial score (nSPS) is 18.8. The highest BCUT2D eigenvalue weighted by Crippen LogP contribution is 2.32. The molecule has 57 heavy (non-hydrogen) atoms. The molecule has 4 aromatic rings. The lowest BCUT2D eigenvalue weighted by molar-refractivity contribution is -0.312. The van der Waals surface area contributed by atoms with E-state index < -0.39 is 61.2 Å². The highest BCUT2D eigenvalue weighted by atomic mass is 127. The Kier molecular flexibility index (Phi) is 16.1. The average Bonchev–Trinajstić information content (AvgIpc) is 3.22. The number of methoxy groups -OCH3 is 1. The molecule has 1 aliphatic heterocycles. The summed E-state index contributed by atoms with van der Waals surface area (Å²) in [7, 11) is 1.56. The lowest BCUT2D eigenvalue weighted by Gasteiger charge is -2.44. The SMILES string of the molecule is COc1ccc(CO[C@H]2[C@@H](OC(=O)CCC(C)=O)[C@@H](COC(=O)c3ccccc3)O[C@@H](OCc3ccc(COC(C)=O)cc3)[C@@H]2OC(=O)c2ccccc2)cc1I. The molecule has 4 aromatic carbocycles. The number of rotatable bonds is 18. The first-order valence-corrected chi connectivity index (χ1v) is 19.2. The Morgan fingerprint density at radius 1 is 0.632 bits per heavy atom. The summed E-state index contributed by atoms with van der Waals surface area (Å²) in [6.45, 7) is 2.29. The van der Waals surface area contributed by atoms with Crippen LogP contribution in [0, 0.1) is 3.57 Å². The summed E-state index contributed by atoms with van der Waals surface area (Å²) in [6.07, 6.45) is -6.76. The van der Waals surface area contributed by atoms with Crippen LogP contribution in [0.2, 0.25) is 0 Å². The molecule has 0 saturated carbocycles. The highest BCUT2D eigenvalue weighted by Gasteiger charge is 2.52. The second kappa shape index (κ2) is 21.4. The summed E-state index contributed by atoms with van der Waals surface area (Å²) in [5.41, 5.74) is 2.70. The van der Waals surface area contributed by atoms with Gasteiger partial charge >= 0.3 is 23.9 Å². The van der Waals surface area contributed by atoms with Crippen LogP contribution in [-0.2, 0) is 67.4 Å². The summed E-state index contributed by atoms with van der Waals surface area (Å²) < 4.78 is 48.5. The van der Waals surface area contributed by atoms with E-state index in [-0.39, 0.29) is 49.6 Å². The zero-order chi connectivity index (χ0) is 40.7. The summed E-state index contributed by atoms with van der Waals surface area (Å²) in [5, 5.41) is 0. The van der Waals surface area contributed by atoms with Crippen LogP contribution in [0.5, 0.6) is 5.75 Å². The van der Waals surface area contributed by atoms with Gasteiger partial charge in [0.1, 0.15) is 37.0 Å². The molecular weight excluding hydrogens is 851 g/mol. The molecule has 0 unspecified atom stereocenters. The molecule has 5 atom stereocenters. The van der Waals surface area contributed by atoms with E-state index in [0.29, 0.717) is 11.3 Å². The highest BCUT2D eigenvalue weighted by molar-refractivity contribution is 14.1. The molecular formula is C43H43IO13. The number of carbonyl (C=O) groups excluding carboxylic acids is 5. The van der Waals surface area contributed by atoms with Gasteiger partial charge in [0.25, 0.3) is 0 Å². The van der Waals surface area contributed by atoms with Crippen molar-refractivity contribution >= 4 is 52.3 Å². The van der Waals surface area contributed by atoms with Crippen molar-refractivity contribution < 1.29 is 61.9 Å². The fraction of sp³-hybridized carbons (Fsp3) is 0.326. The first kappa shape index (κ1) is 43.0. The van der Waals surface area contributed by atoms with Crippen LogP contribution in [0.4, 0.5) is 0 Å². The van der Waals surface area contributed by atoms with Crippen LogP contribution >= 0.6 is 22.6 Å². The van der Waals surface area contributed by atoms with E-state index in [1.165, 1.54) is 13.8 Å². The molecule has 5 rings (SSSR count). The third-order valence-electron chi connectivity index (χ3n) is 8.72. The second-order valence-electron chi connectivity index (χ2n) is 13.1. The maximum Gasteiger partial charge on any atom is 0.338 e. The molecule has 1 heterocycles. The van der Waals surface area contributed by atoms with Crippen molar-refractivity contribution in [3.05, 3.63) is 135 Å². The number of esters is 4. The van der Waals surface area contributed by atoms with Crippen molar-refractivity contribution in [2.45, 2.75) is 77.2 Å². The Morgan fingerprint density at radius 3 is 1.82 bits per heavy atom. The van der Waals surface area contributed by atoms with Crippen LogP contribution in [0.3, 0.4) is 0 Å². The standard InChI is InChI=1S/C43H43IO13/c1-27(45)14-21-37(47)56-38-36(26-53-41(48)32-10-6-4-7-11-32)55-43(54-24-30-17-15-29(16-18-30)23-51-28(2)46)40(57-42(49)33-12-8-5-9-13-33)39(38)52-25-31-19-20-35(50-3)34(44)22-31/h4-13,15-20,22,36,38-40,43H,14,21,23-26H2,1-3H3/t36-,38+,39+,40-,43-/m1/s1. The molecule has 0 amide bonds. The van der Waals surface area contributed by atoms with Crippen molar-refractivity contribution in [3.8, 4) is 5.75 Å². The van der Waals surface area contributed by atoms with E-state index in [9.17, 15) is 24.0 Å². The Labute approximate surface area is 344 Å². The monoisotopic (exact) mass is 894 g/mol. The molecule has 0 radical (unpaired) electrons. The molecule has 13 nitrogen and oxygen atoms in total. The number of carbonyl (C=O) groups is 5. The first-order chi connectivity index (χ1) is 27.5. The molecule has 1 fully saturated rings. The topological polar surface area (TPSA) is 159 Å². The molecule has 0 N–H and O–H groups in total. The van der Waals surface area contributed by atoms with Crippen LogP contribution in [0.1, 0.15) is 64.1 Å². The molecule has 0 aliphatic carbocycles. The Balaban J connectivity index is 1.51. The summed E-state index contributed by atoms with van der Waals surface area (Å²) in [6, 6.07) is 29.2. The van der Waals surface area contributed by atoms with E-state index in [1.54, 1.807) is 104 Å². The van der Waals surface area contributed by atoms with Crippen molar-refractivity contribution in [2.24, 2.45) is 0 Å². The fourth-order valence-corrected chi connectivity index (χ4v) is 6.56. The van der Waals surface area contributed by atoms with E-state index >= 15 is 0 Å². The van der Waals surface area contributed by atoms with Gasteiger partial charge in [-0.25, -0.2) is 9.59 Å². The lowest BCUT2D eigenvalue weighted by Crippen LogP contribution is -2.62. The summed E-state index contributed by atoms with van der Waals surface area (Å²) >= 11 is 2.14. The zero-order valence-electron chi connectivity index (χ0n) is 31.6. The summed E-state index contributed by atoms with van der Waals surface area (Å²) in [4.78, 5) is 63.3. The molecule has 0 aromatic heterocycles. The van der Waals surface area contributed by atoms with Gasteiger partial charge in [-0.3, -0.25) is 9.59 Å². The van der Waals surface area contributed by atoms with Gasteiger partial charge in [-0.05, 0) is 82.6 Å². The minimum atomic E-state index is -1.34. The molecule has 0 spiro atoms. The van der Waals surface area contributed by atoms with Crippen molar-refractivity contribution in [2.75, 3.05) is 13.7 Å². The van der Waals surface area contributed by atoms with E-state index in [4.69, 9.17) is 37.9 Å². The maximum atomic E-state index is 13.7. The number of Topliss-reactive ketones (excluding diaryl/α,β-unsaturated/α-hetero) is 1. The van der Waals surface area contributed by atoms with Crippen LogP contribution in [-0.4, -0.2) is 74.1 Å². The van der Waals surface area contributed by atoms with Gasteiger partial charge in [0.2, 0.25) is 0 Å². The maximum absolute atomic E-state index is 13.7. The van der Waals surface area contributed by atoms with Crippen LogP contribution < -0.4 is 4.74 Å². The van der Waals surface area contributed by atoms with Crippen LogP contribution in [0.15, 0.2) is 103 Å². The van der Waals surface area contributed by atoms with Crippen molar-refractivity contribution in [1.29, 1.82) is 0 Å². The van der Waals surface area contributed by atoms with Crippen molar-refractivity contribution in [1.82, 2.24) is 0 Å². The minimum absolute atomic E-state index is 0.0408. The molecule has 14 heteroatoms. The predicted molar refractivity (Wildman–Crippen MR) is 212 cm³/mol. The zero-order valence-corrected chi connectivity index (χ0v) is 33.8. The number of hydrogen-bond acceptors (Lipinski definition) is 13. The van der Waals surface area contributed by atoms with Gasteiger partial charge in [0.05, 0.1) is 41.4 Å². The van der Waals surface area contributed by atoms with Gasteiger partial charge in [0, 0.05) is 13.3 Å². The average molecular weight is 895 g/mol. The minimum Gasteiger partial charge on any atom is -0.496 e. The van der Waals surface area contributed by atoms with Gasteiger partial charge in [-0.15, -0.1) is 0 Å². The lowest BCUT2D eigenvalue weighted by atomic mass is 9.97. The Morgan fingerprint density at radius 2 is 1.23 bits per heavy atom. The number of benzene rings is 4. The fourth-order valence-electron chi connectivity index (χ4n) is 5.76. The number of halogens is 1. The van der Waals surface area contributed by atoms with E-state index in [2.05, 4.69) is 22.6 Å². The first-order valence-electron chi connectivity index (χ1n) is 18.1. The molecule has 300 valence electrons. The van der Waals surface area contributed by atoms with Crippen LogP contribution in [0.25, 0.3) is 0 Å². The number of hydrogen-bond donors (Lipinski definition) is 0. The third kappa shape index (κ3) is 12.9. The quantitative estimate of drug-likeness (QED) is 0.0602. The Bertz CT molecular complexity index is 1970.